The lowest BCUT2D eigenvalue weighted by Gasteiger charge is -2.19. The number of aliphatic hydroxyl groups is 4. The lowest BCUT2D eigenvalue weighted by Crippen LogP contribution is -2.46. The van der Waals surface area contributed by atoms with E-state index in [-0.39, 0.29) is 6.61 Å². The normalized spacial score (nSPS) is 14.8. The van der Waals surface area contributed by atoms with Gasteiger partial charge in [-0.15, -0.1) is 0 Å². The van der Waals surface area contributed by atoms with Crippen molar-refractivity contribution in [1.29, 1.82) is 0 Å². The van der Waals surface area contributed by atoms with Crippen LogP contribution < -0.4 is 0 Å². The fraction of sp³-hybridized carbons (Fsp3) is 0.889. The summed E-state index contributed by atoms with van der Waals surface area (Å²) >= 11 is 0. The minimum atomic E-state index is -2.11. The van der Waals surface area contributed by atoms with Gasteiger partial charge in [0.1, 0.15) is 12.2 Å². The molecular weight excluding hydrogens is 328 g/mol. The number of ether oxygens (including phenoxy) is 1. The van der Waals surface area contributed by atoms with Gasteiger partial charge in [0.2, 0.25) is 0 Å². The lowest BCUT2D eigenvalue weighted by atomic mass is 10.0. The third kappa shape index (κ3) is 11.3. The number of rotatable bonds is 16. The zero-order chi connectivity index (χ0) is 19.1. The molecule has 0 bridgehead atoms. The number of aliphatic hydroxyl groups excluding tert-OH is 4. The second-order valence-electron chi connectivity index (χ2n) is 6.37. The highest BCUT2D eigenvalue weighted by molar-refractivity contribution is 6.35. The molecule has 0 unspecified atom stereocenters. The quantitative estimate of drug-likeness (QED) is 0.184. The minimum absolute atomic E-state index is 0.0758. The molecule has 0 aromatic carbocycles. The molecule has 7 heteroatoms. The number of esters is 1. The van der Waals surface area contributed by atoms with Gasteiger partial charge in [-0.1, -0.05) is 64.7 Å². The predicted molar refractivity (Wildman–Crippen MR) is 92.9 cm³/mol. The molecule has 148 valence electrons. The summed E-state index contributed by atoms with van der Waals surface area (Å²) in [7, 11) is 0. The zero-order valence-corrected chi connectivity index (χ0v) is 15.2. The van der Waals surface area contributed by atoms with Crippen LogP contribution in [0.15, 0.2) is 0 Å². The molecule has 0 saturated heterocycles. The van der Waals surface area contributed by atoms with Crippen LogP contribution in [-0.4, -0.2) is 63.7 Å². The van der Waals surface area contributed by atoms with Gasteiger partial charge in [0.15, 0.2) is 6.10 Å². The van der Waals surface area contributed by atoms with Crippen LogP contribution in [0.25, 0.3) is 0 Å². The molecule has 0 heterocycles. The van der Waals surface area contributed by atoms with Crippen LogP contribution >= 0.6 is 0 Å². The van der Waals surface area contributed by atoms with E-state index in [9.17, 15) is 19.8 Å². The van der Waals surface area contributed by atoms with Crippen molar-refractivity contribution in [3.63, 3.8) is 0 Å². The van der Waals surface area contributed by atoms with Crippen LogP contribution in [0.4, 0.5) is 0 Å². The number of hydrogen-bond acceptors (Lipinski definition) is 7. The van der Waals surface area contributed by atoms with Gasteiger partial charge in [0, 0.05) is 0 Å². The fourth-order valence-corrected chi connectivity index (χ4v) is 2.42. The van der Waals surface area contributed by atoms with Crippen molar-refractivity contribution in [3.8, 4) is 0 Å². The van der Waals surface area contributed by atoms with Gasteiger partial charge in [-0.25, -0.2) is 4.79 Å². The molecule has 0 fully saturated rings. The topological polar surface area (TPSA) is 124 Å². The number of carbonyl (C=O) groups excluding carboxylic acids is 2. The summed E-state index contributed by atoms with van der Waals surface area (Å²) in [5.41, 5.74) is 0. The molecule has 0 aliphatic rings. The standard InChI is InChI=1S/C18H34O7/c1-2-3-4-5-6-7-8-9-10-11-12-25-18(24)17(23)16(22)15(21)14(20)13-19/h14-16,19-22H,2-13H2,1H3/t14-,15+,16-/m0/s1. The third-order valence-corrected chi connectivity index (χ3v) is 4.11. The van der Waals surface area contributed by atoms with Crippen molar-refractivity contribution in [3.05, 3.63) is 0 Å². The van der Waals surface area contributed by atoms with Crippen LogP contribution in [0.3, 0.4) is 0 Å². The molecule has 0 radical (unpaired) electrons. The Hall–Kier alpha value is -1.02. The molecule has 3 atom stereocenters. The Balaban J connectivity index is 3.68. The summed E-state index contributed by atoms with van der Waals surface area (Å²) in [5.74, 6) is -2.57. The van der Waals surface area contributed by atoms with Crippen LogP contribution in [0, 0.1) is 0 Å². The van der Waals surface area contributed by atoms with E-state index in [0.29, 0.717) is 6.42 Å². The number of ketones is 1. The zero-order valence-electron chi connectivity index (χ0n) is 15.2. The maximum absolute atomic E-state index is 11.5. The van der Waals surface area contributed by atoms with Crippen LogP contribution in [-0.2, 0) is 14.3 Å². The second kappa shape index (κ2) is 15.3. The van der Waals surface area contributed by atoms with Crippen LogP contribution in [0.1, 0.15) is 71.1 Å². The molecule has 7 nitrogen and oxygen atoms in total. The van der Waals surface area contributed by atoms with E-state index >= 15 is 0 Å². The summed E-state index contributed by atoms with van der Waals surface area (Å²) in [5, 5.41) is 36.6. The smallest absolute Gasteiger partial charge is 0.377 e. The van der Waals surface area contributed by atoms with Crippen molar-refractivity contribution in [1.82, 2.24) is 0 Å². The highest BCUT2D eigenvalue weighted by Gasteiger charge is 2.34. The van der Waals surface area contributed by atoms with Gasteiger partial charge in [0.05, 0.1) is 13.2 Å². The highest BCUT2D eigenvalue weighted by Crippen LogP contribution is 2.10. The Morgan fingerprint density at radius 3 is 1.80 bits per heavy atom. The number of Topliss-reactive ketones (excluding diaryl/α,β-unsaturated/α-hetero) is 1. The fourth-order valence-electron chi connectivity index (χ4n) is 2.42. The maximum Gasteiger partial charge on any atom is 0.377 e. The molecule has 0 aliphatic heterocycles. The van der Waals surface area contributed by atoms with Crippen molar-refractivity contribution in [2.45, 2.75) is 89.4 Å². The van der Waals surface area contributed by atoms with Crippen molar-refractivity contribution < 1.29 is 34.8 Å². The van der Waals surface area contributed by atoms with E-state index < -0.39 is 36.7 Å². The average molecular weight is 362 g/mol. The van der Waals surface area contributed by atoms with Crippen molar-refractivity contribution in [2.75, 3.05) is 13.2 Å². The predicted octanol–water partition coefficient (Wildman–Crippen LogP) is 1.09. The lowest BCUT2D eigenvalue weighted by molar-refractivity contribution is -0.163. The van der Waals surface area contributed by atoms with E-state index in [1.165, 1.54) is 38.5 Å². The number of unbranched alkanes of at least 4 members (excludes halogenated alkanes) is 9. The SMILES string of the molecule is CCCCCCCCCCCCOC(=O)C(=O)[C@@H](O)[C@H](O)[C@@H](O)CO. The second-order valence-corrected chi connectivity index (χ2v) is 6.37. The molecular formula is C18H34O7. The maximum atomic E-state index is 11.5. The Morgan fingerprint density at radius 2 is 1.32 bits per heavy atom. The van der Waals surface area contributed by atoms with E-state index in [2.05, 4.69) is 6.92 Å². The summed E-state index contributed by atoms with van der Waals surface area (Å²) in [6, 6.07) is 0. The molecule has 0 saturated carbocycles. The van der Waals surface area contributed by atoms with Crippen molar-refractivity contribution >= 4 is 11.8 Å². The molecule has 25 heavy (non-hydrogen) atoms. The van der Waals surface area contributed by atoms with Crippen LogP contribution in [0.2, 0.25) is 0 Å². The molecule has 0 rings (SSSR count). The first-order chi connectivity index (χ1) is 12.0. The molecule has 0 amide bonds. The van der Waals surface area contributed by atoms with Gasteiger partial charge in [-0.3, -0.25) is 4.79 Å². The number of hydrogen-bond donors (Lipinski definition) is 4. The molecule has 4 N–H and O–H groups in total. The first-order valence-electron chi connectivity index (χ1n) is 9.31. The van der Waals surface area contributed by atoms with E-state index in [0.717, 1.165) is 19.3 Å². The van der Waals surface area contributed by atoms with E-state index in [4.69, 9.17) is 14.9 Å². The highest BCUT2D eigenvalue weighted by atomic mass is 16.5. The average Bonchev–Trinajstić information content (AvgIpc) is 2.63. The molecule has 0 aromatic rings. The monoisotopic (exact) mass is 362 g/mol. The Morgan fingerprint density at radius 1 is 0.840 bits per heavy atom. The Bertz CT molecular complexity index is 359. The Labute approximate surface area is 150 Å². The third-order valence-electron chi connectivity index (χ3n) is 4.11. The number of carbonyl (C=O) groups is 2. The van der Waals surface area contributed by atoms with Gasteiger partial charge < -0.3 is 25.2 Å². The first-order valence-corrected chi connectivity index (χ1v) is 9.31. The minimum Gasteiger partial charge on any atom is -0.460 e. The largest absolute Gasteiger partial charge is 0.460 e. The summed E-state index contributed by atoms with van der Waals surface area (Å²) in [6.45, 7) is 1.44. The summed E-state index contributed by atoms with van der Waals surface area (Å²) in [4.78, 5) is 23.0. The van der Waals surface area contributed by atoms with Gasteiger partial charge in [0.25, 0.3) is 5.78 Å². The van der Waals surface area contributed by atoms with E-state index in [1.807, 2.05) is 0 Å². The molecule has 0 aliphatic carbocycles. The van der Waals surface area contributed by atoms with Gasteiger partial charge >= 0.3 is 5.97 Å². The first kappa shape index (κ1) is 24.0. The van der Waals surface area contributed by atoms with Crippen molar-refractivity contribution in [2.24, 2.45) is 0 Å². The van der Waals surface area contributed by atoms with Gasteiger partial charge in [-0.2, -0.15) is 0 Å². The molecule has 0 spiro atoms. The van der Waals surface area contributed by atoms with E-state index in [1.54, 1.807) is 0 Å². The summed E-state index contributed by atoms with van der Waals surface area (Å²) < 4.78 is 4.76. The molecule has 0 aromatic heterocycles. The summed E-state index contributed by atoms with van der Waals surface area (Å²) in [6.07, 6.45) is 5.57. The Kier molecular flexibility index (Phi) is 14.6. The van der Waals surface area contributed by atoms with Crippen LogP contribution in [0.5, 0.6) is 0 Å². The van der Waals surface area contributed by atoms with Gasteiger partial charge in [-0.05, 0) is 6.42 Å².